The Kier molecular flexibility index (Phi) is 4.25. The van der Waals surface area contributed by atoms with Gasteiger partial charge in [-0.15, -0.1) is 11.3 Å². The van der Waals surface area contributed by atoms with Crippen molar-refractivity contribution in [3.05, 3.63) is 48.5 Å². The summed E-state index contributed by atoms with van der Waals surface area (Å²) in [4.78, 5) is 12.6. The molecule has 2 rings (SSSR count). The standard InChI is InChI=1S/C11H6Br2ClNOS/c12-6-1-2-8(14)9(5-6)15-11(16)10-7(13)3-4-17-10/h1-5H,(H,15,16). The fourth-order valence-corrected chi connectivity index (χ4v) is 3.20. The van der Waals surface area contributed by atoms with E-state index in [9.17, 15) is 4.79 Å². The van der Waals surface area contributed by atoms with Gasteiger partial charge in [0.15, 0.2) is 0 Å². The van der Waals surface area contributed by atoms with Crippen molar-refractivity contribution < 1.29 is 4.79 Å². The molecule has 0 saturated heterocycles. The van der Waals surface area contributed by atoms with Crippen LogP contribution < -0.4 is 5.32 Å². The lowest BCUT2D eigenvalue weighted by Gasteiger charge is -2.06. The third-order valence-electron chi connectivity index (χ3n) is 2.00. The summed E-state index contributed by atoms with van der Waals surface area (Å²) < 4.78 is 1.65. The first-order chi connectivity index (χ1) is 8.08. The summed E-state index contributed by atoms with van der Waals surface area (Å²) in [5, 5.41) is 5.13. The molecular formula is C11H6Br2ClNOS. The molecular weight excluding hydrogens is 389 g/mol. The molecule has 0 atom stereocenters. The van der Waals surface area contributed by atoms with E-state index in [1.807, 2.05) is 17.5 Å². The van der Waals surface area contributed by atoms with Gasteiger partial charge in [-0.1, -0.05) is 27.5 Å². The molecule has 0 spiro atoms. The maximum absolute atomic E-state index is 12.0. The number of halogens is 3. The van der Waals surface area contributed by atoms with Gasteiger partial charge in [-0.05, 0) is 45.6 Å². The predicted molar refractivity (Wildman–Crippen MR) is 79.1 cm³/mol. The average molecular weight is 396 g/mol. The van der Waals surface area contributed by atoms with E-state index in [2.05, 4.69) is 37.2 Å². The van der Waals surface area contributed by atoms with Gasteiger partial charge in [-0.3, -0.25) is 4.79 Å². The Balaban J connectivity index is 2.24. The Hall–Kier alpha value is -0.360. The molecule has 0 bridgehead atoms. The predicted octanol–water partition coefficient (Wildman–Crippen LogP) is 5.18. The van der Waals surface area contributed by atoms with E-state index in [0.717, 1.165) is 8.95 Å². The highest BCUT2D eigenvalue weighted by atomic mass is 79.9. The van der Waals surface area contributed by atoms with Crippen LogP contribution in [0, 0.1) is 0 Å². The third-order valence-corrected chi connectivity index (χ3v) is 4.66. The molecule has 0 aliphatic carbocycles. The monoisotopic (exact) mass is 393 g/mol. The average Bonchev–Trinajstić information content (AvgIpc) is 2.70. The van der Waals surface area contributed by atoms with Crippen molar-refractivity contribution >= 4 is 66.4 Å². The molecule has 0 saturated carbocycles. The molecule has 0 radical (unpaired) electrons. The summed E-state index contributed by atoms with van der Waals surface area (Å²) >= 11 is 14.0. The van der Waals surface area contributed by atoms with Gasteiger partial charge in [0.05, 0.1) is 10.7 Å². The molecule has 1 heterocycles. The lowest BCUT2D eigenvalue weighted by molar-refractivity contribution is 0.103. The first-order valence-corrected chi connectivity index (χ1v) is 7.41. The highest BCUT2D eigenvalue weighted by molar-refractivity contribution is 9.10. The summed E-state index contributed by atoms with van der Waals surface area (Å²) in [6, 6.07) is 7.15. The van der Waals surface area contributed by atoms with Gasteiger partial charge >= 0.3 is 0 Å². The largest absolute Gasteiger partial charge is 0.320 e. The second-order valence-corrected chi connectivity index (χ2v) is 6.27. The number of carbonyl (C=O) groups excluding carboxylic acids is 1. The van der Waals surface area contributed by atoms with E-state index < -0.39 is 0 Å². The summed E-state index contributed by atoms with van der Waals surface area (Å²) in [6.07, 6.45) is 0. The van der Waals surface area contributed by atoms with Crippen molar-refractivity contribution in [3.8, 4) is 0 Å². The maximum atomic E-state index is 12.0. The van der Waals surface area contributed by atoms with Gasteiger partial charge in [-0.25, -0.2) is 0 Å². The Morgan fingerprint density at radius 2 is 2.06 bits per heavy atom. The van der Waals surface area contributed by atoms with Crippen molar-refractivity contribution in [2.45, 2.75) is 0 Å². The van der Waals surface area contributed by atoms with Crippen molar-refractivity contribution in [1.82, 2.24) is 0 Å². The van der Waals surface area contributed by atoms with E-state index in [-0.39, 0.29) is 5.91 Å². The van der Waals surface area contributed by atoms with Crippen LogP contribution >= 0.6 is 54.8 Å². The fraction of sp³-hybridized carbons (Fsp3) is 0. The fourth-order valence-electron chi connectivity index (χ4n) is 1.23. The molecule has 0 aliphatic rings. The number of hydrogen-bond acceptors (Lipinski definition) is 2. The van der Waals surface area contributed by atoms with Crippen molar-refractivity contribution in [2.24, 2.45) is 0 Å². The zero-order valence-corrected chi connectivity index (χ0v) is 13.1. The summed E-state index contributed by atoms with van der Waals surface area (Å²) in [6.45, 7) is 0. The minimum Gasteiger partial charge on any atom is -0.320 e. The normalized spacial score (nSPS) is 10.3. The van der Waals surface area contributed by atoms with Crippen LogP contribution in [0.25, 0.3) is 0 Å². The van der Waals surface area contributed by atoms with Crippen LogP contribution in [0.4, 0.5) is 5.69 Å². The number of carbonyl (C=O) groups is 1. The van der Waals surface area contributed by atoms with Gasteiger partial charge in [0, 0.05) is 8.95 Å². The van der Waals surface area contributed by atoms with Crippen LogP contribution in [-0.2, 0) is 0 Å². The molecule has 1 N–H and O–H groups in total. The molecule has 0 fully saturated rings. The first kappa shape index (κ1) is 13.1. The van der Waals surface area contributed by atoms with Crippen molar-refractivity contribution in [1.29, 1.82) is 0 Å². The van der Waals surface area contributed by atoms with Gasteiger partial charge in [-0.2, -0.15) is 0 Å². The number of nitrogens with one attached hydrogen (secondary N) is 1. The molecule has 0 unspecified atom stereocenters. The smallest absolute Gasteiger partial charge is 0.266 e. The molecule has 0 aliphatic heterocycles. The number of rotatable bonds is 2. The van der Waals surface area contributed by atoms with Crippen LogP contribution in [0.15, 0.2) is 38.6 Å². The second-order valence-electron chi connectivity index (χ2n) is 3.18. The van der Waals surface area contributed by atoms with Crippen molar-refractivity contribution in [2.75, 3.05) is 5.32 Å². The second kappa shape index (κ2) is 5.52. The molecule has 6 heteroatoms. The molecule has 2 aromatic rings. The zero-order valence-electron chi connectivity index (χ0n) is 8.34. The number of amides is 1. The number of anilines is 1. The van der Waals surface area contributed by atoms with Crippen molar-refractivity contribution in [3.63, 3.8) is 0 Å². The Morgan fingerprint density at radius 3 is 2.71 bits per heavy atom. The molecule has 1 amide bonds. The lowest BCUT2D eigenvalue weighted by Crippen LogP contribution is -2.11. The van der Waals surface area contributed by atoms with E-state index >= 15 is 0 Å². The van der Waals surface area contributed by atoms with Gasteiger partial charge in [0.1, 0.15) is 4.88 Å². The number of thiophene rings is 1. The Labute approximate surface area is 124 Å². The number of hydrogen-bond donors (Lipinski definition) is 1. The van der Waals surface area contributed by atoms with Gasteiger partial charge < -0.3 is 5.32 Å². The quantitative estimate of drug-likeness (QED) is 0.746. The van der Waals surface area contributed by atoms with Crippen LogP contribution in [0.5, 0.6) is 0 Å². The highest BCUT2D eigenvalue weighted by Crippen LogP contribution is 2.28. The van der Waals surface area contributed by atoms with E-state index in [4.69, 9.17) is 11.6 Å². The summed E-state index contributed by atoms with van der Waals surface area (Å²) in [7, 11) is 0. The van der Waals surface area contributed by atoms with Gasteiger partial charge in [0.2, 0.25) is 0 Å². The Bertz CT molecular complexity index is 570. The van der Waals surface area contributed by atoms with E-state index in [0.29, 0.717) is 15.6 Å². The minimum absolute atomic E-state index is 0.174. The van der Waals surface area contributed by atoms with E-state index in [1.165, 1.54) is 11.3 Å². The Morgan fingerprint density at radius 1 is 1.29 bits per heavy atom. The van der Waals surface area contributed by atoms with Crippen LogP contribution in [0.2, 0.25) is 5.02 Å². The molecule has 88 valence electrons. The zero-order chi connectivity index (χ0) is 12.4. The van der Waals surface area contributed by atoms with Crippen LogP contribution in [0.1, 0.15) is 9.67 Å². The molecule has 17 heavy (non-hydrogen) atoms. The van der Waals surface area contributed by atoms with Crippen LogP contribution in [-0.4, -0.2) is 5.91 Å². The lowest BCUT2D eigenvalue weighted by atomic mass is 10.3. The van der Waals surface area contributed by atoms with E-state index in [1.54, 1.807) is 12.1 Å². The summed E-state index contributed by atoms with van der Waals surface area (Å²) in [5.74, 6) is -0.174. The molecule has 2 nitrogen and oxygen atoms in total. The SMILES string of the molecule is O=C(Nc1cc(Br)ccc1Cl)c1sccc1Br. The molecule has 1 aromatic carbocycles. The first-order valence-electron chi connectivity index (χ1n) is 4.57. The topological polar surface area (TPSA) is 29.1 Å². The maximum Gasteiger partial charge on any atom is 0.266 e. The van der Waals surface area contributed by atoms with Crippen LogP contribution in [0.3, 0.4) is 0 Å². The third kappa shape index (κ3) is 3.10. The number of benzene rings is 1. The van der Waals surface area contributed by atoms with Gasteiger partial charge in [0.25, 0.3) is 5.91 Å². The summed E-state index contributed by atoms with van der Waals surface area (Å²) in [5.41, 5.74) is 0.589. The highest BCUT2D eigenvalue weighted by Gasteiger charge is 2.13. The minimum atomic E-state index is -0.174. The molecule has 1 aromatic heterocycles.